The highest BCUT2D eigenvalue weighted by Crippen LogP contribution is 2.12. The molecule has 84 valence electrons. The van der Waals surface area contributed by atoms with Crippen LogP contribution < -0.4 is 19.2 Å². The Hall–Kier alpha value is -1.17. The Morgan fingerprint density at radius 2 is 1.60 bits per heavy atom. The van der Waals surface area contributed by atoms with E-state index in [2.05, 4.69) is 9.97 Å². The van der Waals surface area contributed by atoms with Crippen molar-refractivity contribution >= 4 is 22.4 Å². The van der Waals surface area contributed by atoms with Gasteiger partial charge in [-0.1, -0.05) is 0 Å². The van der Waals surface area contributed by atoms with Crippen LogP contribution in [-0.4, -0.2) is 52.3 Å². The monoisotopic (exact) mass is 228 g/mol. The number of hydrogen-bond donors (Lipinski definition) is 0. The second-order valence-corrected chi connectivity index (χ2v) is 4.81. The van der Waals surface area contributed by atoms with Crippen molar-refractivity contribution in [1.29, 1.82) is 0 Å². The van der Waals surface area contributed by atoms with E-state index in [1.54, 1.807) is 11.3 Å². The fourth-order valence-electron chi connectivity index (χ4n) is 0.906. The van der Waals surface area contributed by atoms with Gasteiger partial charge in [-0.25, -0.2) is 0 Å². The van der Waals surface area contributed by atoms with Crippen LogP contribution in [-0.2, 0) is 0 Å². The zero-order valence-electron chi connectivity index (χ0n) is 10.1. The van der Waals surface area contributed by atoms with Crippen molar-refractivity contribution in [1.82, 2.24) is 14.5 Å². The number of hydrogen-bond acceptors (Lipinski definition) is 5. The third-order valence-electron chi connectivity index (χ3n) is 1.74. The maximum atomic E-state index is 4.45. The van der Waals surface area contributed by atoms with E-state index in [-0.39, 0.29) is 0 Å². The summed E-state index contributed by atoms with van der Waals surface area (Å²) >= 11 is 1.57. The van der Waals surface area contributed by atoms with Gasteiger partial charge in [0, 0.05) is 33.2 Å². The van der Waals surface area contributed by atoms with Crippen LogP contribution in [0.5, 0.6) is 0 Å². The van der Waals surface area contributed by atoms with Crippen LogP contribution in [0, 0.1) is 0 Å². The van der Waals surface area contributed by atoms with Gasteiger partial charge in [-0.3, -0.25) is 4.58 Å². The first-order chi connectivity index (χ1) is 6.91. The molecule has 0 saturated carbocycles. The van der Waals surface area contributed by atoms with Crippen LogP contribution in [0.25, 0.3) is 0 Å². The van der Waals surface area contributed by atoms with E-state index < -0.39 is 0 Å². The molecule has 1 rings (SSSR count). The van der Waals surface area contributed by atoms with Crippen LogP contribution in [0.2, 0.25) is 0 Å². The van der Waals surface area contributed by atoms with Gasteiger partial charge in [-0.15, -0.1) is 0 Å². The summed E-state index contributed by atoms with van der Waals surface area (Å²) < 4.78 is 1.99. The Kier molecular flexibility index (Phi) is 3.62. The molecule has 0 aliphatic heterocycles. The molecule has 0 unspecified atom stereocenters. The summed E-state index contributed by atoms with van der Waals surface area (Å²) in [5.74, 6) is 0.737. The number of aromatic nitrogens is 2. The molecule has 0 amide bonds. The molecular weight excluding hydrogens is 210 g/mol. The first-order valence-corrected chi connectivity index (χ1v) is 5.47. The molecule has 0 saturated heterocycles. The maximum Gasteiger partial charge on any atom is 0.384 e. The second kappa shape index (κ2) is 4.57. The summed E-state index contributed by atoms with van der Waals surface area (Å²) in [4.78, 5) is 13.8. The summed E-state index contributed by atoms with van der Waals surface area (Å²) in [5.41, 5.74) is 0. The first-order valence-electron chi connectivity index (χ1n) is 4.66. The van der Waals surface area contributed by atoms with Gasteiger partial charge in [0.2, 0.25) is 0 Å². The molecule has 0 aliphatic rings. The van der Waals surface area contributed by atoms with Gasteiger partial charge in [-0.2, -0.15) is 4.98 Å². The molecule has 0 atom stereocenters. The Morgan fingerprint density at radius 1 is 1.00 bits per heavy atom. The third-order valence-corrected chi connectivity index (χ3v) is 3.02. The summed E-state index contributed by atoms with van der Waals surface area (Å²) in [7, 11) is 11.8. The van der Waals surface area contributed by atoms with Crippen molar-refractivity contribution in [2.45, 2.75) is 0 Å². The normalized spacial score (nSPS) is 10.0. The predicted molar refractivity (Wildman–Crippen MR) is 65.7 cm³/mol. The second-order valence-electron chi connectivity index (χ2n) is 3.87. The highest BCUT2D eigenvalue weighted by molar-refractivity contribution is 7.12. The fraction of sp³-hybridized carbons (Fsp3) is 0.667. The zero-order chi connectivity index (χ0) is 11.6. The summed E-state index contributed by atoms with van der Waals surface area (Å²) in [6.45, 7) is 0. The van der Waals surface area contributed by atoms with E-state index in [4.69, 9.17) is 0 Å². The molecule has 5 nitrogen and oxygen atoms in total. The largest absolute Gasteiger partial charge is 0.384 e. The quantitative estimate of drug-likeness (QED) is 0.651. The Balaban J connectivity index is 3.41. The molecule has 0 radical (unpaired) electrons. The van der Waals surface area contributed by atoms with Crippen LogP contribution in [0.1, 0.15) is 0 Å². The van der Waals surface area contributed by atoms with E-state index >= 15 is 0 Å². The van der Waals surface area contributed by atoms with Crippen molar-refractivity contribution in [3.63, 3.8) is 0 Å². The predicted octanol–water partition coefficient (Wildman–Crippen LogP) is -0.298. The minimum absolute atomic E-state index is 0.737. The van der Waals surface area contributed by atoms with Crippen molar-refractivity contribution in [2.24, 2.45) is 0 Å². The highest BCUT2D eigenvalue weighted by Gasteiger charge is 2.12. The topological polar surface area (TPSA) is 35.3 Å². The third kappa shape index (κ3) is 2.89. The van der Waals surface area contributed by atoms with Crippen LogP contribution in [0.15, 0.2) is 0 Å². The Bertz CT molecular complexity index is 374. The van der Waals surface area contributed by atoms with E-state index in [1.807, 2.05) is 56.7 Å². The smallest absolute Gasteiger partial charge is 0.354 e. The summed E-state index contributed by atoms with van der Waals surface area (Å²) in [6.07, 6.45) is 0. The van der Waals surface area contributed by atoms with Gasteiger partial charge in [0.25, 0.3) is 0 Å². The average molecular weight is 228 g/mol. The average Bonchev–Trinajstić information content (AvgIpc) is 2.16. The Morgan fingerprint density at radius 3 is 2.00 bits per heavy atom. The van der Waals surface area contributed by atoms with Gasteiger partial charge >= 0.3 is 10.7 Å². The molecule has 1 aromatic rings. The number of rotatable bonds is 2. The standard InChI is InChI=1S/C9H18N5S/c1-12(2)7-10-8(13(3)4)15-9(11-7)14(5)6/h1-6H3/q+1. The van der Waals surface area contributed by atoms with Gasteiger partial charge < -0.3 is 9.80 Å². The Labute approximate surface area is 94.3 Å². The molecule has 0 aliphatic carbocycles. The number of anilines is 2. The van der Waals surface area contributed by atoms with Gasteiger partial charge in [0.1, 0.15) is 0 Å². The molecule has 0 fully saturated rings. The zero-order valence-corrected chi connectivity index (χ0v) is 11.0. The van der Waals surface area contributed by atoms with E-state index in [0.717, 1.165) is 15.9 Å². The van der Waals surface area contributed by atoms with Crippen molar-refractivity contribution in [2.75, 3.05) is 52.1 Å². The minimum atomic E-state index is 0.737. The van der Waals surface area contributed by atoms with E-state index in [9.17, 15) is 0 Å². The molecule has 0 bridgehead atoms. The number of nitrogens with zero attached hydrogens (tertiary/aromatic N) is 5. The lowest BCUT2D eigenvalue weighted by Crippen LogP contribution is -2.27. The molecule has 15 heavy (non-hydrogen) atoms. The van der Waals surface area contributed by atoms with Gasteiger partial charge in [-0.05, 0) is 11.3 Å². The summed E-state index contributed by atoms with van der Waals surface area (Å²) in [5, 5.41) is 0.956. The maximum absolute atomic E-state index is 4.45. The molecular formula is C9H18N5S+. The molecule has 1 aromatic heterocycles. The first kappa shape index (κ1) is 11.9. The lowest BCUT2D eigenvalue weighted by Gasteiger charge is -2.11. The van der Waals surface area contributed by atoms with Gasteiger partial charge in [0.15, 0.2) is 5.13 Å². The van der Waals surface area contributed by atoms with Crippen LogP contribution in [0.4, 0.5) is 11.1 Å². The van der Waals surface area contributed by atoms with Crippen LogP contribution >= 0.6 is 11.3 Å². The van der Waals surface area contributed by atoms with Gasteiger partial charge in [0.05, 0.1) is 14.1 Å². The highest BCUT2D eigenvalue weighted by atomic mass is 32.1. The SMILES string of the molecule is CN(C)c1nc(N(C)C)sc(=[N+](C)C)n1. The van der Waals surface area contributed by atoms with E-state index in [1.165, 1.54) is 0 Å². The van der Waals surface area contributed by atoms with Crippen molar-refractivity contribution in [3.05, 3.63) is 4.80 Å². The molecule has 0 N–H and O–H groups in total. The van der Waals surface area contributed by atoms with Crippen molar-refractivity contribution in [3.8, 4) is 0 Å². The summed E-state index contributed by atoms with van der Waals surface area (Å²) in [6, 6.07) is 0. The lowest BCUT2D eigenvalue weighted by molar-refractivity contribution is 0.791. The molecule has 0 aromatic carbocycles. The van der Waals surface area contributed by atoms with Crippen LogP contribution in [0.3, 0.4) is 0 Å². The molecule has 0 spiro atoms. The molecule has 6 heteroatoms. The minimum Gasteiger partial charge on any atom is -0.354 e. The van der Waals surface area contributed by atoms with Crippen molar-refractivity contribution < 1.29 is 0 Å². The molecule has 1 heterocycles. The fourth-order valence-corrected chi connectivity index (χ4v) is 1.69. The van der Waals surface area contributed by atoms with E-state index in [0.29, 0.717) is 0 Å². The lowest BCUT2D eigenvalue weighted by atomic mass is 10.8.